The monoisotopic (exact) mass is 378 g/mol. The van der Waals surface area contributed by atoms with Gasteiger partial charge >= 0.3 is 6.18 Å². The second-order valence-corrected chi connectivity index (χ2v) is 5.02. The second kappa shape index (κ2) is 8.68. The fourth-order valence-corrected chi connectivity index (χ4v) is 2.58. The van der Waals surface area contributed by atoms with Crippen molar-refractivity contribution in [2.45, 2.75) is 18.6 Å². The number of hydrogen-bond donors (Lipinski definition) is 4. The highest BCUT2D eigenvalue weighted by Crippen LogP contribution is 2.43. The smallest absolute Gasteiger partial charge is 0.390 e. The average molecular weight is 379 g/mol. The standard InChI is InChI=1S/C13H17F3N2O3.2ClH/c14-13(15,16)7-9(18-3-1-17-2-4-18)12-10(20)5-8(19)6-11(12)21;;/h5-6,9,17,19-21H,1-4,7H2;2*1H/t9-;;/m0../s1. The van der Waals surface area contributed by atoms with Gasteiger partial charge in [0.1, 0.15) is 17.2 Å². The van der Waals surface area contributed by atoms with Gasteiger partial charge in [-0.25, -0.2) is 0 Å². The number of piperazine rings is 1. The van der Waals surface area contributed by atoms with Gasteiger partial charge in [0.15, 0.2) is 0 Å². The number of hydrogen-bond acceptors (Lipinski definition) is 5. The summed E-state index contributed by atoms with van der Waals surface area (Å²) >= 11 is 0. The molecular weight excluding hydrogens is 360 g/mol. The van der Waals surface area contributed by atoms with E-state index in [-0.39, 0.29) is 30.4 Å². The lowest BCUT2D eigenvalue weighted by Gasteiger charge is -2.36. The Labute approximate surface area is 143 Å². The van der Waals surface area contributed by atoms with Crippen molar-refractivity contribution in [3.63, 3.8) is 0 Å². The molecule has 0 spiro atoms. The zero-order chi connectivity index (χ0) is 15.6. The van der Waals surface area contributed by atoms with Crippen molar-refractivity contribution < 1.29 is 28.5 Å². The molecular formula is C13H19Cl2F3N2O3. The first-order valence-corrected chi connectivity index (χ1v) is 6.54. The van der Waals surface area contributed by atoms with Crippen LogP contribution in [0, 0.1) is 0 Å². The molecule has 1 heterocycles. The molecule has 1 aliphatic rings. The summed E-state index contributed by atoms with van der Waals surface area (Å²) in [6, 6.07) is 0.675. The largest absolute Gasteiger partial charge is 0.508 e. The third-order valence-corrected chi connectivity index (χ3v) is 3.47. The molecule has 10 heteroatoms. The van der Waals surface area contributed by atoms with Crippen LogP contribution >= 0.6 is 24.8 Å². The Hall–Kier alpha value is -1.09. The van der Waals surface area contributed by atoms with E-state index in [1.807, 2.05) is 0 Å². The predicted octanol–water partition coefficient (Wildman–Crippen LogP) is 2.55. The molecule has 2 rings (SSSR count). The van der Waals surface area contributed by atoms with Gasteiger partial charge in [0.2, 0.25) is 0 Å². The molecule has 0 aromatic heterocycles. The van der Waals surface area contributed by atoms with Crippen molar-refractivity contribution in [1.29, 1.82) is 0 Å². The number of benzene rings is 1. The molecule has 1 aliphatic heterocycles. The summed E-state index contributed by atoms with van der Waals surface area (Å²) in [7, 11) is 0. The molecule has 134 valence electrons. The number of nitrogens with zero attached hydrogens (tertiary/aromatic N) is 1. The maximum absolute atomic E-state index is 12.8. The Morgan fingerprint density at radius 3 is 1.96 bits per heavy atom. The minimum Gasteiger partial charge on any atom is -0.508 e. The second-order valence-electron chi connectivity index (χ2n) is 5.02. The Bertz CT molecular complexity index is 489. The molecule has 0 amide bonds. The lowest BCUT2D eigenvalue weighted by Crippen LogP contribution is -2.46. The highest BCUT2D eigenvalue weighted by molar-refractivity contribution is 5.85. The van der Waals surface area contributed by atoms with Gasteiger partial charge < -0.3 is 20.6 Å². The number of phenols is 3. The lowest BCUT2D eigenvalue weighted by atomic mass is 9.98. The molecule has 0 unspecified atom stereocenters. The van der Waals surface area contributed by atoms with E-state index in [2.05, 4.69) is 5.32 Å². The van der Waals surface area contributed by atoms with Gasteiger partial charge in [-0.2, -0.15) is 13.2 Å². The number of phenolic OH excluding ortho intramolecular Hbond substituents is 3. The third kappa shape index (κ3) is 5.80. The molecule has 4 N–H and O–H groups in total. The van der Waals surface area contributed by atoms with E-state index < -0.39 is 35.9 Å². The third-order valence-electron chi connectivity index (χ3n) is 3.47. The summed E-state index contributed by atoms with van der Waals surface area (Å²) in [5.74, 6) is -1.49. The van der Waals surface area contributed by atoms with Gasteiger partial charge in [0, 0.05) is 38.3 Å². The van der Waals surface area contributed by atoms with Crippen LogP contribution in [0.5, 0.6) is 17.2 Å². The number of halogens is 5. The predicted molar refractivity (Wildman–Crippen MR) is 83.8 cm³/mol. The van der Waals surface area contributed by atoms with Gasteiger partial charge in [-0.05, 0) is 0 Å². The summed E-state index contributed by atoms with van der Waals surface area (Å²) in [6.45, 7) is 1.82. The zero-order valence-corrected chi connectivity index (χ0v) is 13.6. The molecule has 0 radical (unpaired) electrons. The SMILES string of the molecule is Cl.Cl.Oc1cc(O)c([C@H](CC(F)(F)F)N2CCNCC2)c(O)c1. The highest BCUT2D eigenvalue weighted by Gasteiger charge is 2.38. The minimum absolute atomic E-state index is 0. The lowest BCUT2D eigenvalue weighted by molar-refractivity contribution is -0.148. The maximum Gasteiger partial charge on any atom is 0.390 e. The Kier molecular flexibility index (Phi) is 8.26. The minimum atomic E-state index is -4.44. The first-order chi connectivity index (χ1) is 9.78. The van der Waals surface area contributed by atoms with Crippen molar-refractivity contribution in [2.24, 2.45) is 0 Å². The zero-order valence-electron chi connectivity index (χ0n) is 12.0. The Morgan fingerprint density at radius 2 is 1.52 bits per heavy atom. The number of rotatable bonds is 3. The van der Waals surface area contributed by atoms with E-state index in [1.54, 1.807) is 4.90 Å². The van der Waals surface area contributed by atoms with Crippen LogP contribution in [0.15, 0.2) is 12.1 Å². The topological polar surface area (TPSA) is 76.0 Å². The van der Waals surface area contributed by atoms with Crippen LogP contribution in [0.4, 0.5) is 13.2 Å². The summed E-state index contributed by atoms with van der Waals surface area (Å²) in [5.41, 5.74) is -0.202. The van der Waals surface area contributed by atoms with E-state index in [4.69, 9.17) is 0 Å². The van der Waals surface area contributed by atoms with E-state index in [1.165, 1.54) is 0 Å². The molecule has 1 fully saturated rings. The molecule has 1 atom stereocenters. The molecule has 5 nitrogen and oxygen atoms in total. The van der Waals surface area contributed by atoms with Crippen LogP contribution in [0.25, 0.3) is 0 Å². The highest BCUT2D eigenvalue weighted by atomic mass is 35.5. The molecule has 1 saturated heterocycles. The first kappa shape index (κ1) is 21.9. The molecule has 1 aromatic rings. The van der Waals surface area contributed by atoms with Gasteiger partial charge in [0.05, 0.1) is 18.0 Å². The fraction of sp³-hybridized carbons (Fsp3) is 0.538. The molecule has 0 bridgehead atoms. The quantitative estimate of drug-likeness (QED) is 0.650. The number of aromatic hydroxyl groups is 3. The summed E-state index contributed by atoms with van der Waals surface area (Å²) in [4.78, 5) is 1.57. The summed E-state index contributed by atoms with van der Waals surface area (Å²) < 4.78 is 38.5. The van der Waals surface area contributed by atoms with E-state index in [9.17, 15) is 28.5 Å². The van der Waals surface area contributed by atoms with Crippen LogP contribution in [0.3, 0.4) is 0 Å². The molecule has 0 aliphatic carbocycles. The van der Waals surface area contributed by atoms with E-state index >= 15 is 0 Å². The summed E-state index contributed by atoms with van der Waals surface area (Å²) in [6.07, 6.45) is -5.62. The van der Waals surface area contributed by atoms with Gasteiger partial charge in [-0.15, -0.1) is 24.8 Å². The van der Waals surface area contributed by atoms with Gasteiger partial charge in [-0.1, -0.05) is 0 Å². The number of nitrogens with one attached hydrogen (secondary N) is 1. The Morgan fingerprint density at radius 1 is 1.04 bits per heavy atom. The van der Waals surface area contributed by atoms with Crippen molar-refractivity contribution in [1.82, 2.24) is 10.2 Å². The van der Waals surface area contributed by atoms with Gasteiger partial charge in [-0.3, -0.25) is 4.90 Å². The van der Waals surface area contributed by atoms with Crippen LogP contribution in [-0.4, -0.2) is 52.6 Å². The van der Waals surface area contributed by atoms with Crippen LogP contribution in [0.1, 0.15) is 18.0 Å². The number of alkyl halides is 3. The van der Waals surface area contributed by atoms with E-state index in [0.29, 0.717) is 26.2 Å². The average Bonchev–Trinajstić information content (AvgIpc) is 2.36. The summed E-state index contributed by atoms with van der Waals surface area (Å²) in [5, 5.41) is 32.0. The van der Waals surface area contributed by atoms with Gasteiger partial charge in [0.25, 0.3) is 0 Å². The van der Waals surface area contributed by atoms with Crippen molar-refractivity contribution in [2.75, 3.05) is 26.2 Å². The Balaban J connectivity index is 0.00000242. The fourth-order valence-electron chi connectivity index (χ4n) is 2.58. The van der Waals surface area contributed by atoms with Crippen LogP contribution < -0.4 is 5.32 Å². The molecule has 1 aromatic carbocycles. The van der Waals surface area contributed by atoms with E-state index in [0.717, 1.165) is 12.1 Å². The normalized spacial score (nSPS) is 17.0. The van der Waals surface area contributed by atoms with Crippen LogP contribution in [0.2, 0.25) is 0 Å². The van der Waals surface area contributed by atoms with Crippen molar-refractivity contribution in [3.05, 3.63) is 17.7 Å². The maximum atomic E-state index is 12.8. The van der Waals surface area contributed by atoms with Crippen molar-refractivity contribution >= 4 is 24.8 Å². The molecule has 0 saturated carbocycles. The van der Waals surface area contributed by atoms with Crippen molar-refractivity contribution in [3.8, 4) is 17.2 Å². The molecule has 23 heavy (non-hydrogen) atoms. The van der Waals surface area contributed by atoms with Crippen LogP contribution in [-0.2, 0) is 0 Å². The first-order valence-electron chi connectivity index (χ1n) is 6.54.